The van der Waals surface area contributed by atoms with E-state index in [1.54, 1.807) is 6.07 Å². The molecule has 1 N–H and O–H groups in total. The van der Waals surface area contributed by atoms with Crippen molar-refractivity contribution in [3.05, 3.63) is 34.6 Å². The van der Waals surface area contributed by atoms with Gasteiger partial charge in [-0.15, -0.1) is 0 Å². The highest BCUT2D eigenvalue weighted by Gasteiger charge is 2.25. The van der Waals surface area contributed by atoms with Crippen LogP contribution in [0.25, 0.3) is 0 Å². The molecule has 1 aliphatic carbocycles. The molecular weight excluding hydrogens is 249 g/mol. The van der Waals surface area contributed by atoms with Crippen LogP contribution in [0.2, 0.25) is 5.02 Å². The molecule has 0 aliphatic heterocycles. The smallest absolute Gasteiger partial charge is 0.144 e. The molecule has 1 saturated carbocycles. The lowest BCUT2D eigenvalue weighted by Gasteiger charge is -2.23. The van der Waals surface area contributed by atoms with Crippen LogP contribution in [0.1, 0.15) is 31.2 Å². The summed E-state index contributed by atoms with van der Waals surface area (Å²) in [7, 11) is 1.97. The fourth-order valence-electron chi connectivity index (χ4n) is 3.09. The van der Waals surface area contributed by atoms with E-state index in [-0.39, 0.29) is 10.8 Å². The molecule has 0 saturated heterocycles. The van der Waals surface area contributed by atoms with Crippen molar-refractivity contribution >= 4 is 11.6 Å². The van der Waals surface area contributed by atoms with Crippen LogP contribution < -0.4 is 5.32 Å². The molecule has 1 fully saturated rings. The van der Waals surface area contributed by atoms with Crippen molar-refractivity contribution in [3.63, 3.8) is 0 Å². The number of rotatable bonds is 5. The van der Waals surface area contributed by atoms with Gasteiger partial charge in [0.15, 0.2) is 0 Å². The Labute approximate surface area is 114 Å². The van der Waals surface area contributed by atoms with Crippen LogP contribution in [-0.4, -0.2) is 13.6 Å². The van der Waals surface area contributed by atoms with E-state index in [1.165, 1.54) is 25.7 Å². The molecule has 1 aromatic rings. The van der Waals surface area contributed by atoms with Crippen LogP contribution >= 0.6 is 11.6 Å². The minimum absolute atomic E-state index is 0.238. The normalized spacial score (nSPS) is 18.2. The van der Waals surface area contributed by atoms with E-state index in [9.17, 15) is 4.39 Å². The standard InChI is InChI=1S/C15H21ClFN/c1-18-10-13(11-5-2-3-6-11)9-12-7-4-8-14(16)15(12)17/h4,7-8,11,13,18H,2-3,5-6,9-10H2,1H3. The molecule has 2 rings (SSSR count). The second kappa shape index (κ2) is 6.53. The number of benzene rings is 1. The summed E-state index contributed by atoms with van der Waals surface area (Å²) >= 11 is 5.84. The molecule has 18 heavy (non-hydrogen) atoms. The minimum atomic E-state index is -0.238. The van der Waals surface area contributed by atoms with E-state index in [0.29, 0.717) is 5.92 Å². The topological polar surface area (TPSA) is 12.0 Å². The van der Waals surface area contributed by atoms with Gasteiger partial charge in [0.05, 0.1) is 5.02 Å². The number of halogens is 2. The summed E-state index contributed by atoms with van der Waals surface area (Å²) in [5.74, 6) is 1.01. The lowest BCUT2D eigenvalue weighted by Crippen LogP contribution is -2.27. The van der Waals surface area contributed by atoms with Crippen LogP contribution in [0.5, 0.6) is 0 Å². The first-order chi connectivity index (χ1) is 8.72. The van der Waals surface area contributed by atoms with E-state index in [4.69, 9.17) is 11.6 Å². The van der Waals surface area contributed by atoms with Crippen molar-refractivity contribution in [3.8, 4) is 0 Å². The third-order valence-corrected chi connectivity index (χ3v) is 4.34. The lowest BCUT2D eigenvalue weighted by atomic mass is 9.85. The van der Waals surface area contributed by atoms with Crippen LogP contribution in [0.3, 0.4) is 0 Å². The number of nitrogens with one attached hydrogen (secondary N) is 1. The molecule has 1 nitrogen and oxygen atoms in total. The van der Waals surface area contributed by atoms with Gasteiger partial charge in [-0.3, -0.25) is 0 Å². The number of hydrogen-bond donors (Lipinski definition) is 1. The van der Waals surface area contributed by atoms with Crippen molar-refractivity contribution in [2.24, 2.45) is 11.8 Å². The van der Waals surface area contributed by atoms with Gasteiger partial charge in [-0.1, -0.05) is 49.4 Å². The van der Waals surface area contributed by atoms with Crippen molar-refractivity contribution < 1.29 is 4.39 Å². The van der Waals surface area contributed by atoms with Crippen molar-refractivity contribution in [1.29, 1.82) is 0 Å². The molecule has 1 aliphatic rings. The maximum absolute atomic E-state index is 13.9. The second-order valence-corrected chi connectivity index (χ2v) is 5.69. The Morgan fingerprint density at radius 1 is 1.39 bits per heavy atom. The maximum Gasteiger partial charge on any atom is 0.144 e. The third kappa shape index (κ3) is 3.24. The monoisotopic (exact) mass is 269 g/mol. The van der Waals surface area contributed by atoms with Gasteiger partial charge < -0.3 is 5.32 Å². The van der Waals surface area contributed by atoms with Crippen LogP contribution in [-0.2, 0) is 6.42 Å². The van der Waals surface area contributed by atoms with Gasteiger partial charge >= 0.3 is 0 Å². The van der Waals surface area contributed by atoms with E-state index >= 15 is 0 Å². The van der Waals surface area contributed by atoms with Crippen LogP contribution in [0.15, 0.2) is 18.2 Å². The van der Waals surface area contributed by atoms with Gasteiger partial charge in [0.1, 0.15) is 5.82 Å². The minimum Gasteiger partial charge on any atom is -0.319 e. The number of hydrogen-bond acceptors (Lipinski definition) is 1. The fraction of sp³-hybridized carbons (Fsp3) is 0.600. The Kier molecular flexibility index (Phi) is 5.02. The summed E-state index contributed by atoms with van der Waals surface area (Å²) in [6, 6.07) is 5.31. The van der Waals surface area contributed by atoms with E-state index in [0.717, 1.165) is 24.4 Å². The molecule has 0 radical (unpaired) electrons. The summed E-state index contributed by atoms with van der Waals surface area (Å²) in [6.45, 7) is 0.955. The second-order valence-electron chi connectivity index (χ2n) is 5.28. The maximum atomic E-state index is 13.9. The van der Waals surface area contributed by atoms with Gasteiger partial charge in [0.25, 0.3) is 0 Å². The summed E-state index contributed by atoms with van der Waals surface area (Å²) in [4.78, 5) is 0. The van der Waals surface area contributed by atoms with Crippen LogP contribution in [0.4, 0.5) is 4.39 Å². The molecule has 0 bridgehead atoms. The van der Waals surface area contributed by atoms with Crippen molar-refractivity contribution in [2.75, 3.05) is 13.6 Å². The highest BCUT2D eigenvalue weighted by atomic mass is 35.5. The lowest BCUT2D eigenvalue weighted by molar-refractivity contribution is 0.325. The molecule has 0 aromatic heterocycles. The zero-order chi connectivity index (χ0) is 13.0. The summed E-state index contributed by atoms with van der Waals surface area (Å²) < 4.78 is 13.9. The molecule has 0 heterocycles. The van der Waals surface area contributed by atoms with E-state index in [1.807, 2.05) is 19.2 Å². The molecule has 1 unspecified atom stereocenters. The van der Waals surface area contributed by atoms with Gasteiger partial charge in [-0.2, -0.15) is 0 Å². The predicted octanol–water partition coefficient (Wildman–Crippen LogP) is 4.05. The Balaban J connectivity index is 2.10. The Bertz CT molecular complexity index is 388. The predicted molar refractivity (Wildman–Crippen MR) is 74.5 cm³/mol. The van der Waals surface area contributed by atoms with Gasteiger partial charge in [-0.25, -0.2) is 4.39 Å². The molecular formula is C15H21ClFN. The first-order valence-corrected chi connectivity index (χ1v) is 7.17. The highest BCUT2D eigenvalue weighted by Crippen LogP contribution is 2.33. The first-order valence-electron chi connectivity index (χ1n) is 6.80. The summed E-state index contributed by atoms with van der Waals surface area (Å²) in [5.41, 5.74) is 0.759. The van der Waals surface area contributed by atoms with Gasteiger partial charge in [0, 0.05) is 0 Å². The SMILES string of the molecule is CNCC(Cc1cccc(Cl)c1F)C1CCCC1. The summed E-state index contributed by atoms with van der Waals surface area (Å²) in [6.07, 6.45) is 6.01. The van der Waals surface area contributed by atoms with Crippen molar-refractivity contribution in [1.82, 2.24) is 5.32 Å². The third-order valence-electron chi connectivity index (χ3n) is 4.05. The van der Waals surface area contributed by atoms with E-state index in [2.05, 4.69) is 5.32 Å². The zero-order valence-electron chi connectivity index (χ0n) is 10.9. The van der Waals surface area contributed by atoms with E-state index < -0.39 is 0 Å². The Morgan fingerprint density at radius 2 is 2.11 bits per heavy atom. The summed E-state index contributed by atoms with van der Waals surface area (Å²) in [5, 5.41) is 3.48. The Hall–Kier alpha value is -0.600. The molecule has 3 heteroatoms. The van der Waals surface area contributed by atoms with Gasteiger partial charge in [0.2, 0.25) is 0 Å². The van der Waals surface area contributed by atoms with Gasteiger partial charge in [-0.05, 0) is 43.5 Å². The quantitative estimate of drug-likeness (QED) is 0.850. The zero-order valence-corrected chi connectivity index (χ0v) is 11.6. The molecule has 1 atom stereocenters. The van der Waals surface area contributed by atoms with Crippen LogP contribution in [0, 0.1) is 17.7 Å². The fourth-order valence-corrected chi connectivity index (χ4v) is 3.28. The van der Waals surface area contributed by atoms with Crippen molar-refractivity contribution in [2.45, 2.75) is 32.1 Å². The average Bonchev–Trinajstić information content (AvgIpc) is 2.88. The average molecular weight is 270 g/mol. The highest BCUT2D eigenvalue weighted by molar-refractivity contribution is 6.30. The molecule has 0 spiro atoms. The Morgan fingerprint density at radius 3 is 2.78 bits per heavy atom. The largest absolute Gasteiger partial charge is 0.319 e. The molecule has 100 valence electrons. The molecule has 0 amide bonds. The molecule has 1 aromatic carbocycles. The first kappa shape index (κ1) is 13.8.